The van der Waals surface area contributed by atoms with Crippen LogP contribution in [0.4, 0.5) is 0 Å². The van der Waals surface area contributed by atoms with Crippen LogP contribution in [-0.2, 0) is 0 Å². The Balaban J connectivity index is 1.81. The van der Waals surface area contributed by atoms with Crippen molar-refractivity contribution in [2.45, 2.75) is 25.4 Å². The van der Waals surface area contributed by atoms with E-state index < -0.39 is 5.60 Å². The number of nitrogens with zero attached hydrogens (tertiary/aromatic N) is 1. The van der Waals surface area contributed by atoms with Gasteiger partial charge in [0.2, 0.25) is 5.78 Å². The van der Waals surface area contributed by atoms with Gasteiger partial charge in [-0.2, -0.15) is 0 Å². The van der Waals surface area contributed by atoms with Crippen molar-refractivity contribution in [3.05, 3.63) is 42.5 Å². The number of benzene rings is 1. The molecule has 2 heterocycles. The average molecular weight is 272 g/mol. The molecule has 20 heavy (non-hydrogen) atoms. The molecule has 0 saturated heterocycles. The third-order valence-corrected chi connectivity index (χ3v) is 3.56. The lowest BCUT2D eigenvalue weighted by Crippen LogP contribution is -2.46. The maximum Gasteiger partial charge on any atom is 0.202 e. The molecule has 0 aliphatic carbocycles. The molecule has 1 aliphatic rings. The average Bonchev–Trinajstić information content (AvgIpc) is 3.01. The second kappa shape index (κ2) is 5.00. The van der Waals surface area contributed by atoms with Crippen molar-refractivity contribution in [1.29, 1.82) is 0 Å². The van der Waals surface area contributed by atoms with Gasteiger partial charge in [-0.25, -0.2) is 4.98 Å². The van der Waals surface area contributed by atoms with Crippen LogP contribution in [-0.4, -0.2) is 28.0 Å². The van der Waals surface area contributed by atoms with Gasteiger partial charge in [0.1, 0.15) is 6.61 Å². The van der Waals surface area contributed by atoms with E-state index in [-0.39, 0.29) is 12.2 Å². The van der Waals surface area contributed by atoms with E-state index in [0.29, 0.717) is 24.6 Å². The Kier molecular flexibility index (Phi) is 3.18. The van der Waals surface area contributed by atoms with Gasteiger partial charge in [-0.1, -0.05) is 19.1 Å². The highest BCUT2D eigenvalue weighted by atomic mass is 16.6. The van der Waals surface area contributed by atoms with Crippen LogP contribution >= 0.6 is 0 Å². The topological polar surface area (TPSA) is 64.2 Å². The van der Waals surface area contributed by atoms with Gasteiger partial charge in [0.25, 0.3) is 0 Å². The Morgan fingerprint density at radius 2 is 2.20 bits per heavy atom. The van der Waals surface area contributed by atoms with E-state index in [2.05, 4.69) is 9.97 Å². The molecule has 5 nitrogen and oxygen atoms in total. The molecule has 1 aliphatic heterocycles. The summed E-state index contributed by atoms with van der Waals surface area (Å²) in [7, 11) is 0. The summed E-state index contributed by atoms with van der Waals surface area (Å²) in [6, 6.07) is 7.51. The predicted octanol–water partition coefficient (Wildman–Crippen LogP) is 2.60. The first kappa shape index (κ1) is 12.7. The number of ether oxygens (including phenoxy) is 2. The van der Waals surface area contributed by atoms with Crippen LogP contribution in [0.3, 0.4) is 0 Å². The molecule has 1 N–H and O–H groups in total. The molecule has 0 bridgehead atoms. The second-order valence-corrected chi connectivity index (χ2v) is 4.91. The highest BCUT2D eigenvalue weighted by Crippen LogP contribution is 2.37. The predicted molar refractivity (Wildman–Crippen MR) is 73.1 cm³/mol. The maximum atomic E-state index is 12.2. The van der Waals surface area contributed by atoms with Gasteiger partial charge in [0, 0.05) is 12.4 Å². The maximum absolute atomic E-state index is 12.2. The minimum Gasteiger partial charge on any atom is -0.486 e. The van der Waals surface area contributed by atoms with E-state index in [9.17, 15) is 4.79 Å². The van der Waals surface area contributed by atoms with Gasteiger partial charge >= 0.3 is 0 Å². The zero-order chi connectivity index (χ0) is 14.0. The Morgan fingerprint density at radius 1 is 1.40 bits per heavy atom. The van der Waals surface area contributed by atoms with Gasteiger partial charge in [-0.05, 0) is 18.6 Å². The normalized spacial score (nSPS) is 20.6. The number of fused-ring (bicyclic) bond motifs is 1. The number of imidazole rings is 1. The lowest BCUT2D eigenvalue weighted by atomic mass is 9.93. The van der Waals surface area contributed by atoms with Crippen LogP contribution in [0.15, 0.2) is 36.7 Å². The Bertz CT molecular complexity index is 609. The van der Waals surface area contributed by atoms with Crippen LogP contribution in [0.5, 0.6) is 11.5 Å². The fourth-order valence-electron chi connectivity index (χ4n) is 2.31. The van der Waals surface area contributed by atoms with Crippen molar-refractivity contribution in [3.8, 4) is 11.5 Å². The van der Waals surface area contributed by atoms with E-state index in [1.807, 2.05) is 31.2 Å². The third-order valence-electron chi connectivity index (χ3n) is 3.56. The molecule has 1 unspecified atom stereocenters. The lowest BCUT2D eigenvalue weighted by Gasteiger charge is -2.37. The van der Waals surface area contributed by atoms with Crippen LogP contribution in [0.2, 0.25) is 0 Å². The SMILES string of the molecule is CCC1(CC(=O)c2ncc[nH]2)COc2ccccc2O1. The lowest BCUT2D eigenvalue weighted by molar-refractivity contribution is -0.0140. The molecule has 104 valence electrons. The standard InChI is InChI=1S/C15H16N2O3/c1-2-15(9-11(18)14-16-7-8-17-14)10-19-12-5-3-4-6-13(12)20-15/h3-8H,2,9-10H2,1H3,(H,16,17). The largest absolute Gasteiger partial charge is 0.486 e. The van der Waals surface area contributed by atoms with E-state index >= 15 is 0 Å². The second-order valence-electron chi connectivity index (χ2n) is 4.91. The third kappa shape index (κ3) is 2.27. The smallest absolute Gasteiger partial charge is 0.202 e. The molecule has 0 saturated carbocycles. The zero-order valence-corrected chi connectivity index (χ0v) is 11.3. The summed E-state index contributed by atoms with van der Waals surface area (Å²) in [5, 5.41) is 0. The van der Waals surface area contributed by atoms with E-state index in [4.69, 9.17) is 9.47 Å². The van der Waals surface area contributed by atoms with E-state index in [1.54, 1.807) is 12.4 Å². The number of Topliss-reactive ketones (excluding diaryl/α,β-unsaturated/α-hetero) is 1. The van der Waals surface area contributed by atoms with Gasteiger partial charge < -0.3 is 14.5 Å². The number of hydrogen-bond acceptors (Lipinski definition) is 4. The Morgan fingerprint density at radius 3 is 2.90 bits per heavy atom. The molecular formula is C15H16N2O3. The molecule has 3 rings (SSSR count). The van der Waals surface area contributed by atoms with Gasteiger partial charge in [-0.15, -0.1) is 0 Å². The number of carbonyl (C=O) groups is 1. The molecule has 0 radical (unpaired) electrons. The van der Waals surface area contributed by atoms with Crippen LogP contribution in [0, 0.1) is 0 Å². The highest BCUT2D eigenvalue weighted by molar-refractivity contribution is 5.93. The molecule has 1 aromatic carbocycles. The summed E-state index contributed by atoms with van der Waals surface area (Å²) >= 11 is 0. The minimum absolute atomic E-state index is 0.0696. The molecule has 2 aromatic rings. The van der Waals surface area contributed by atoms with Crippen molar-refractivity contribution in [2.75, 3.05) is 6.61 Å². The number of para-hydroxylation sites is 2. The molecule has 5 heteroatoms. The fraction of sp³-hybridized carbons (Fsp3) is 0.333. The van der Waals surface area contributed by atoms with Gasteiger partial charge in [0.05, 0.1) is 6.42 Å². The summed E-state index contributed by atoms with van der Waals surface area (Å²) in [6.45, 7) is 2.36. The summed E-state index contributed by atoms with van der Waals surface area (Å²) < 4.78 is 11.8. The number of nitrogens with one attached hydrogen (secondary N) is 1. The van der Waals surface area contributed by atoms with Crippen molar-refractivity contribution in [3.63, 3.8) is 0 Å². The number of rotatable bonds is 4. The number of aromatic amines is 1. The summed E-state index contributed by atoms with van der Waals surface area (Å²) in [5.41, 5.74) is -0.627. The van der Waals surface area contributed by atoms with Crippen molar-refractivity contribution >= 4 is 5.78 Å². The first-order valence-corrected chi connectivity index (χ1v) is 6.66. The molecule has 0 spiro atoms. The highest BCUT2D eigenvalue weighted by Gasteiger charge is 2.39. The molecule has 1 aromatic heterocycles. The summed E-state index contributed by atoms with van der Waals surface area (Å²) in [5.74, 6) is 1.70. The first-order valence-electron chi connectivity index (χ1n) is 6.66. The Hall–Kier alpha value is -2.30. The van der Waals surface area contributed by atoms with Crippen molar-refractivity contribution in [1.82, 2.24) is 9.97 Å². The molecule has 0 amide bonds. The van der Waals surface area contributed by atoms with Crippen molar-refractivity contribution in [2.24, 2.45) is 0 Å². The van der Waals surface area contributed by atoms with Crippen LogP contribution < -0.4 is 9.47 Å². The Labute approximate surface area is 116 Å². The number of ketones is 1. The van der Waals surface area contributed by atoms with E-state index in [0.717, 1.165) is 5.75 Å². The van der Waals surface area contributed by atoms with E-state index in [1.165, 1.54) is 0 Å². The number of hydrogen-bond donors (Lipinski definition) is 1. The molecule has 0 fully saturated rings. The first-order chi connectivity index (χ1) is 9.72. The van der Waals surface area contributed by atoms with Gasteiger partial charge in [-0.3, -0.25) is 4.79 Å². The summed E-state index contributed by atoms with van der Waals surface area (Å²) in [6.07, 6.45) is 4.14. The van der Waals surface area contributed by atoms with Gasteiger partial charge in [0.15, 0.2) is 22.9 Å². The van der Waals surface area contributed by atoms with Crippen LogP contribution in [0.1, 0.15) is 30.4 Å². The van der Waals surface area contributed by atoms with Crippen molar-refractivity contribution < 1.29 is 14.3 Å². The molecule has 1 atom stereocenters. The zero-order valence-electron chi connectivity index (χ0n) is 11.3. The number of aromatic nitrogens is 2. The minimum atomic E-state index is -0.627. The molecular weight excluding hydrogens is 256 g/mol. The fourth-order valence-corrected chi connectivity index (χ4v) is 2.31. The quantitative estimate of drug-likeness (QED) is 0.869. The van der Waals surface area contributed by atoms with Crippen LogP contribution in [0.25, 0.3) is 0 Å². The number of H-pyrrole nitrogens is 1. The summed E-state index contributed by atoms with van der Waals surface area (Å²) in [4.78, 5) is 19.0. The number of carbonyl (C=O) groups excluding carboxylic acids is 1. The monoisotopic (exact) mass is 272 g/mol.